The number of alkyl halides is 2. The van der Waals surface area contributed by atoms with E-state index in [2.05, 4.69) is 5.32 Å². The number of nitrogens with one attached hydrogen (secondary N) is 1. The summed E-state index contributed by atoms with van der Waals surface area (Å²) in [6, 6.07) is -0.639. The number of ketones is 1. The quantitative estimate of drug-likeness (QED) is 0.695. The zero-order valence-electron chi connectivity index (χ0n) is 7.23. The molecular formula is C8H15F2NO. The summed E-state index contributed by atoms with van der Waals surface area (Å²) in [6.45, 7) is 3.08. The monoisotopic (exact) mass is 179 g/mol. The van der Waals surface area contributed by atoms with Crippen LogP contribution in [0.1, 0.15) is 21.7 Å². The molecule has 0 bridgehead atoms. The summed E-state index contributed by atoms with van der Waals surface area (Å²) in [5, 5.41) is 2.53. The molecule has 0 spiro atoms. The minimum absolute atomic E-state index is 0. The molecule has 0 aromatic heterocycles. The van der Waals surface area contributed by atoms with Gasteiger partial charge in [-0.1, -0.05) is 13.8 Å². The molecule has 1 aliphatic rings. The molecule has 4 heteroatoms. The van der Waals surface area contributed by atoms with Crippen molar-refractivity contribution in [1.82, 2.24) is 5.32 Å². The minimum Gasteiger partial charge on any atom is -0.302 e. The molecule has 0 unspecified atom stereocenters. The number of Topliss-reactive ketones (excluding diaryl/α,β-unsaturated/α-hetero) is 1. The minimum atomic E-state index is -2.70. The van der Waals surface area contributed by atoms with Crippen LogP contribution in [-0.4, -0.2) is 24.3 Å². The summed E-state index contributed by atoms with van der Waals surface area (Å²) in [6.07, 6.45) is -0.343. The van der Waals surface area contributed by atoms with Crippen LogP contribution in [0.3, 0.4) is 0 Å². The van der Waals surface area contributed by atoms with Crippen molar-refractivity contribution in [3.63, 3.8) is 0 Å². The first-order valence-corrected chi connectivity index (χ1v) is 4.07. The first-order chi connectivity index (χ1) is 5.42. The van der Waals surface area contributed by atoms with Crippen LogP contribution in [0.2, 0.25) is 0 Å². The van der Waals surface area contributed by atoms with Gasteiger partial charge in [-0.15, -0.1) is 0 Å². The predicted octanol–water partition coefficient (Wildman–Crippen LogP) is 1.45. The van der Waals surface area contributed by atoms with Gasteiger partial charge in [0.15, 0.2) is 5.78 Å². The molecule has 0 radical (unpaired) electrons. The van der Waals surface area contributed by atoms with Crippen LogP contribution >= 0.6 is 0 Å². The van der Waals surface area contributed by atoms with Gasteiger partial charge in [-0.05, 0) is 0 Å². The van der Waals surface area contributed by atoms with Crippen LogP contribution in [0.5, 0.6) is 0 Å². The highest BCUT2D eigenvalue weighted by atomic mass is 19.3. The van der Waals surface area contributed by atoms with Crippen molar-refractivity contribution in [3.05, 3.63) is 0 Å². The first kappa shape index (κ1) is 9.58. The van der Waals surface area contributed by atoms with Crippen molar-refractivity contribution in [1.29, 1.82) is 0 Å². The lowest BCUT2D eigenvalue weighted by molar-refractivity contribution is -0.124. The largest absolute Gasteiger partial charge is 0.302 e. The van der Waals surface area contributed by atoms with Gasteiger partial charge in [0.25, 0.3) is 5.92 Å². The molecule has 1 saturated heterocycles. The van der Waals surface area contributed by atoms with Crippen molar-refractivity contribution in [3.8, 4) is 0 Å². The summed E-state index contributed by atoms with van der Waals surface area (Å²) in [7, 11) is 0. The van der Waals surface area contributed by atoms with Crippen LogP contribution in [0.25, 0.3) is 0 Å². The first-order valence-electron chi connectivity index (χ1n) is 4.07. The van der Waals surface area contributed by atoms with Gasteiger partial charge in [-0.25, -0.2) is 8.78 Å². The lowest BCUT2D eigenvalue weighted by Crippen LogP contribution is -2.33. The van der Waals surface area contributed by atoms with E-state index in [0.29, 0.717) is 0 Å². The lowest BCUT2D eigenvalue weighted by Gasteiger charge is -2.11. The molecule has 2 nitrogen and oxygen atoms in total. The third-order valence-corrected chi connectivity index (χ3v) is 2.02. The smallest absolute Gasteiger partial charge is 0.262 e. The second-order valence-corrected chi connectivity index (χ2v) is 3.55. The maximum Gasteiger partial charge on any atom is 0.262 e. The van der Waals surface area contributed by atoms with Crippen molar-refractivity contribution in [2.75, 3.05) is 6.54 Å². The van der Waals surface area contributed by atoms with Crippen LogP contribution < -0.4 is 5.32 Å². The average Bonchev–Trinajstić information content (AvgIpc) is 2.28. The van der Waals surface area contributed by atoms with Gasteiger partial charge >= 0.3 is 0 Å². The molecule has 1 fully saturated rings. The van der Waals surface area contributed by atoms with E-state index in [0.717, 1.165) is 0 Å². The highest BCUT2D eigenvalue weighted by Gasteiger charge is 2.42. The topological polar surface area (TPSA) is 29.1 Å². The Balaban J connectivity index is 0.00000144. The normalized spacial score (nSPS) is 27.9. The molecule has 0 saturated carbocycles. The van der Waals surface area contributed by atoms with Gasteiger partial charge in [0, 0.05) is 13.8 Å². The van der Waals surface area contributed by atoms with Crippen molar-refractivity contribution in [2.45, 2.75) is 32.2 Å². The average molecular weight is 179 g/mol. The fraction of sp³-hybridized carbons (Fsp3) is 0.875. The van der Waals surface area contributed by atoms with Crippen molar-refractivity contribution in [2.24, 2.45) is 5.92 Å². The molecule has 1 heterocycles. The zero-order chi connectivity index (χ0) is 9.35. The summed E-state index contributed by atoms with van der Waals surface area (Å²) in [4.78, 5) is 11.2. The Hall–Kier alpha value is -0.510. The van der Waals surface area contributed by atoms with Crippen LogP contribution in [-0.2, 0) is 4.79 Å². The predicted molar refractivity (Wildman–Crippen MR) is 43.3 cm³/mol. The highest BCUT2D eigenvalue weighted by Crippen LogP contribution is 2.26. The summed E-state index contributed by atoms with van der Waals surface area (Å²) >= 11 is 0. The number of hydrogen-bond donors (Lipinski definition) is 1. The Kier molecular flexibility index (Phi) is 2.46. The van der Waals surface area contributed by atoms with E-state index in [1.807, 2.05) is 0 Å². The van der Waals surface area contributed by atoms with Gasteiger partial charge in [-0.3, -0.25) is 4.79 Å². The summed E-state index contributed by atoms with van der Waals surface area (Å²) in [5.41, 5.74) is 0. The Morgan fingerprint density at radius 3 is 2.58 bits per heavy atom. The molecule has 1 rings (SSSR count). The van der Waals surface area contributed by atoms with Gasteiger partial charge in [0.2, 0.25) is 0 Å². The SMILES string of the molecule is CC(C)C(=O)[C@@H]1CC(F)(F)CN1.[HH]. The van der Waals surface area contributed by atoms with E-state index in [9.17, 15) is 13.6 Å². The third kappa shape index (κ3) is 2.00. The fourth-order valence-electron chi connectivity index (χ4n) is 1.32. The second-order valence-electron chi connectivity index (χ2n) is 3.55. The second kappa shape index (κ2) is 3.09. The molecule has 0 amide bonds. The van der Waals surface area contributed by atoms with E-state index in [-0.39, 0.29) is 26.1 Å². The van der Waals surface area contributed by atoms with Gasteiger partial charge in [-0.2, -0.15) is 0 Å². The lowest BCUT2D eigenvalue weighted by atomic mass is 10.00. The van der Waals surface area contributed by atoms with Crippen LogP contribution in [0.15, 0.2) is 0 Å². The number of hydrogen-bond acceptors (Lipinski definition) is 2. The Bertz CT molecular complexity index is 197. The molecule has 0 aliphatic carbocycles. The van der Waals surface area contributed by atoms with Crippen molar-refractivity contribution < 1.29 is 15.0 Å². The standard InChI is InChI=1S/C8H13F2NO.H2/c1-5(2)7(12)6-3-8(9,10)4-11-6;/h5-6,11H,3-4H2,1-2H3;1H/t6-;/m0./s1. The highest BCUT2D eigenvalue weighted by molar-refractivity contribution is 5.86. The van der Waals surface area contributed by atoms with Gasteiger partial charge < -0.3 is 5.32 Å². The van der Waals surface area contributed by atoms with Gasteiger partial charge in [0.1, 0.15) is 0 Å². The third-order valence-electron chi connectivity index (χ3n) is 2.02. The van der Waals surface area contributed by atoms with E-state index in [4.69, 9.17) is 0 Å². The van der Waals surface area contributed by atoms with E-state index < -0.39 is 12.0 Å². The Labute approximate surface area is 71.8 Å². The number of carbonyl (C=O) groups is 1. The Morgan fingerprint density at radius 2 is 2.25 bits per heavy atom. The molecule has 1 aliphatic heterocycles. The maximum absolute atomic E-state index is 12.6. The molecule has 0 aromatic carbocycles. The molecule has 1 N–H and O–H groups in total. The Morgan fingerprint density at radius 1 is 1.67 bits per heavy atom. The zero-order valence-corrected chi connectivity index (χ0v) is 7.23. The maximum atomic E-state index is 12.6. The fourth-order valence-corrected chi connectivity index (χ4v) is 1.32. The number of halogens is 2. The van der Waals surface area contributed by atoms with E-state index in [1.54, 1.807) is 13.8 Å². The molecule has 0 aromatic rings. The summed E-state index contributed by atoms with van der Waals surface area (Å²) in [5.74, 6) is -2.99. The molecule has 72 valence electrons. The number of rotatable bonds is 2. The molecule has 1 atom stereocenters. The summed E-state index contributed by atoms with van der Waals surface area (Å²) < 4.78 is 25.2. The van der Waals surface area contributed by atoms with E-state index >= 15 is 0 Å². The molecule has 12 heavy (non-hydrogen) atoms. The van der Waals surface area contributed by atoms with Crippen LogP contribution in [0, 0.1) is 5.92 Å². The number of carbonyl (C=O) groups excluding carboxylic acids is 1. The van der Waals surface area contributed by atoms with Crippen molar-refractivity contribution >= 4 is 5.78 Å². The van der Waals surface area contributed by atoms with E-state index in [1.165, 1.54) is 0 Å². The van der Waals surface area contributed by atoms with Crippen LogP contribution in [0.4, 0.5) is 8.78 Å². The molecular weight excluding hydrogens is 164 g/mol. The van der Waals surface area contributed by atoms with Gasteiger partial charge in [0.05, 0.1) is 12.6 Å².